The van der Waals surface area contributed by atoms with Gasteiger partial charge in [-0.05, 0) is 49.7 Å². The fourth-order valence-corrected chi connectivity index (χ4v) is 4.75. The van der Waals surface area contributed by atoms with E-state index in [1.165, 1.54) is 4.88 Å². The Balaban J connectivity index is 1.59. The zero-order chi connectivity index (χ0) is 24.4. The number of ether oxygens (including phenoxy) is 2. The Kier molecular flexibility index (Phi) is 6.70. The lowest BCUT2D eigenvalue weighted by Crippen LogP contribution is -2.21. The number of nitrogens with zero attached hydrogens (tertiary/aromatic N) is 3. The van der Waals surface area contributed by atoms with Crippen molar-refractivity contribution >= 4 is 34.0 Å². The number of carbonyl (C=O) groups excluding carboxylic acids is 1. The summed E-state index contributed by atoms with van der Waals surface area (Å²) in [4.78, 5) is 25.3. The Morgan fingerprint density at radius 2 is 1.68 bits per heavy atom. The van der Waals surface area contributed by atoms with Crippen molar-refractivity contribution in [3.8, 4) is 21.9 Å². The molecule has 8 heteroatoms. The van der Waals surface area contributed by atoms with Crippen LogP contribution >= 0.6 is 11.3 Å². The number of hydrogen-bond acceptors (Lipinski definition) is 7. The second-order valence-corrected chi connectivity index (χ2v) is 9.30. The number of anilines is 1. The zero-order valence-corrected chi connectivity index (χ0v) is 21.0. The highest BCUT2D eigenvalue weighted by atomic mass is 32.1. The first-order valence-corrected chi connectivity index (χ1v) is 11.7. The standard InChI is InChI=1S/C26H28N4O3S/c1-15(23-11-12-24(34-23)17-7-9-18(10-8-17)26(31)30(3)4)27-25-19-13-21(32-5)22(33-6)14-20(19)28-16(2)29-25/h7-15H,1-6H3,(H,27,28,29). The SMILES string of the molecule is COc1cc2nc(C)nc(NC(C)c3ccc(-c4ccc(C(=O)N(C)C)cc4)s3)c2cc1OC. The first kappa shape index (κ1) is 23.5. The molecule has 1 unspecified atom stereocenters. The predicted octanol–water partition coefficient (Wildman–Crippen LogP) is 5.56. The maximum Gasteiger partial charge on any atom is 0.253 e. The number of carbonyl (C=O) groups is 1. The van der Waals surface area contributed by atoms with Crippen LogP contribution < -0.4 is 14.8 Å². The largest absolute Gasteiger partial charge is 0.493 e. The van der Waals surface area contributed by atoms with Gasteiger partial charge in [-0.15, -0.1) is 11.3 Å². The number of methoxy groups -OCH3 is 2. The summed E-state index contributed by atoms with van der Waals surface area (Å²) in [5.74, 6) is 2.69. The van der Waals surface area contributed by atoms with E-state index in [4.69, 9.17) is 9.47 Å². The van der Waals surface area contributed by atoms with Crippen molar-refractivity contribution in [2.75, 3.05) is 33.6 Å². The Morgan fingerprint density at radius 3 is 2.32 bits per heavy atom. The minimum Gasteiger partial charge on any atom is -0.493 e. The third kappa shape index (κ3) is 4.68. The molecular formula is C26H28N4O3S. The molecule has 34 heavy (non-hydrogen) atoms. The number of thiophene rings is 1. The lowest BCUT2D eigenvalue weighted by atomic mass is 10.1. The van der Waals surface area contributed by atoms with E-state index in [9.17, 15) is 4.79 Å². The monoisotopic (exact) mass is 476 g/mol. The van der Waals surface area contributed by atoms with Gasteiger partial charge < -0.3 is 19.7 Å². The highest BCUT2D eigenvalue weighted by Crippen LogP contribution is 2.37. The molecule has 0 spiro atoms. The van der Waals surface area contributed by atoms with Crippen molar-refractivity contribution in [3.05, 3.63) is 64.8 Å². The Labute approximate surface area is 203 Å². The minimum absolute atomic E-state index is 0.00198. The van der Waals surface area contributed by atoms with Gasteiger partial charge in [0.2, 0.25) is 0 Å². The van der Waals surface area contributed by atoms with Crippen molar-refractivity contribution < 1.29 is 14.3 Å². The molecular weight excluding hydrogens is 448 g/mol. The van der Waals surface area contributed by atoms with Gasteiger partial charge in [-0.2, -0.15) is 0 Å². The van der Waals surface area contributed by atoms with E-state index in [0.717, 1.165) is 27.2 Å². The molecule has 0 bridgehead atoms. The first-order valence-electron chi connectivity index (χ1n) is 10.9. The van der Waals surface area contributed by atoms with E-state index >= 15 is 0 Å². The van der Waals surface area contributed by atoms with Crippen LogP contribution in [0, 0.1) is 6.92 Å². The molecule has 2 heterocycles. The summed E-state index contributed by atoms with van der Waals surface area (Å²) in [6.45, 7) is 3.98. The Hall–Kier alpha value is -3.65. The summed E-state index contributed by atoms with van der Waals surface area (Å²) in [6, 6.07) is 15.8. The van der Waals surface area contributed by atoms with E-state index < -0.39 is 0 Å². The molecule has 4 rings (SSSR count). The lowest BCUT2D eigenvalue weighted by molar-refractivity contribution is 0.0827. The molecule has 4 aromatic rings. The number of amides is 1. The van der Waals surface area contributed by atoms with Crippen molar-refractivity contribution in [2.45, 2.75) is 19.9 Å². The van der Waals surface area contributed by atoms with Gasteiger partial charge >= 0.3 is 0 Å². The van der Waals surface area contributed by atoms with Crippen molar-refractivity contribution in [1.29, 1.82) is 0 Å². The molecule has 0 radical (unpaired) electrons. The van der Waals surface area contributed by atoms with Crippen LogP contribution in [0.3, 0.4) is 0 Å². The molecule has 2 aromatic heterocycles. The molecule has 176 valence electrons. The minimum atomic E-state index is -0.00198. The van der Waals surface area contributed by atoms with Crippen LogP contribution in [0.1, 0.15) is 34.0 Å². The van der Waals surface area contributed by atoms with Crippen molar-refractivity contribution in [3.63, 3.8) is 0 Å². The average molecular weight is 477 g/mol. The number of fused-ring (bicyclic) bond motifs is 1. The van der Waals surface area contributed by atoms with E-state index in [0.29, 0.717) is 22.9 Å². The topological polar surface area (TPSA) is 76.6 Å². The molecule has 1 atom stereocenters. The van der Waals surface area contributed by atoms with Crippen LogP contribution in [-0.4, -0.2) is 49.1 Å². The summed E-state index contributed by atoms with van der Waals surface area (Å²) in [5, 5.41) is 4.41. The number of aromatic nitrogens is 2. The van der Waals surface area contributed by atoms with Gasteiger partial charge in [0.05, 0.1) is 25.8 Å². The van der Waals surface area contributed by atoms with E-state index in [-0.39, 0.29) is 11.9 Å². The smallest absolute Gasteiger partial charge is 0.253 e. The molecule has 0 fully saturated rings. The molecule has 0 aliphatic rings. The van der Waals surface area contributed by atoms with Gasteiger partial charge in [0.15, 0.2) is 11.5 Å². The van der Waals surface area contributed by atoms with Crippen molar-refractivity contribution in [2.24, 2.45) is 0 Å². The quantitative estimate of drug-likeness (QED) is 0.376. The third-order valence-electron chi connectivity index (χ3n) is 5.54. The Bertz CT molecular complexity index is 1330. The second kappa shape index (κ2) is 9.69. The van der Waals surface area contributed by atoms with Crippen LogP contribution in [0.2, 0.25) is 0 Å². The van der Waals surface area contributed by atoms with Crippen molar-refractivity contribution in [1.82, 2.24) is 14.9 Å². The first-order chi connectivity index (χ1) is 16.3. The fraction of sp³-hybridized carbons (Fsp3) is 0.269. The van der Waals surface area contributed by atoms with Crippen LogP contribution in [0.5, 0.6) is 11.5 Å². The maximum atomic E-state index is 12.1. The van der Waals surface area contributed by atoms with Gasteiger partial charge in [-0.3, -0.25) is 4.79 Å². The molecule has 7 nitrogen and oxygen atoms in total. The van der Waals surface area contributed by atoms with Crippen LogP contribution in [0.25, 0.3) is 21.3 Å². The van der Waals surface area contributed by atoms with E-state index in [2.05, 4.69) is 34.3 Å². The zero-order valence-electron chi connectivity index (χ0n) is 20.2. The molecule has 1 N–H and O–H groups in total. The van der Waals surface area contributed by atoms with E-state index in [1.807, 2.05) is 43.3 Å². The third-order valence-corrected chi connectivity index (χ3v) is 6.86. The summed E-state index contributed by atoms with van der Waals surface area (Å²) >= 11 is 1.71. The average Bonchev–Trinajstić information content (AvgIpc) is 3.33. The maximum absolute atomic E-state index is 12.1. The highest BCUT2D eigenvalue weighted by Gasteiger charge is 2.16. The summed E-state index contributed by atoms with van der Waals surface area (Å²) in [7, 11) is 6.74. The molecule has 0 saturated heterocycles. The molecule has 0 aliphatic carbocycles. The van der Waals surface area contributed by atoms with E-state index in [1.54, 1.807) is 44.6 Å². The van der Waals surface area contributed by atoms with Gasteiger partial charge in [0.1, 0.15) is 11.6 Å². The normalized spacial score (nSPS) is 11.8. The lowest BCUT2D eigenvalue weighted by Gasteiger charge is -2.16. The number of rotatable bonds is 7. The molecule has 0 aliphatic heterocycles. The van der Waals surface area contributed by atoms with Crippen LogP contribution in [0.4, 0.5) is 5.82 Å². The van der Waals surface area contributed by atoms with Crippen LogP contribution in [-0.2, 0) is 0 Å². The van der Waals surface area contributed by atoms with Gasteiger partial charge in [-0.1, -0.05) is 12.1 Å². The second-order valence-electron chi connectivity index (χ2n) is 8.19. The highest BCUT2D eigenvalue weighted by molar-refractivity contribution is 7.15. The number of nitrogens with one attached hydrogen (secondary N) is 1. The van der Waals surface area contributed by atoms with Gasteiger partial charge in [0.25, 0.3) is 5.91 Å². The molecule has 1 amide bonds. The summed E-state index contributed by atoms with van der Waals surface area (Å²) in [6.07, 6.45) is 0. The molecule has 2 aromatic carbocycles. The summed E-state index contributed by atoms with van der Waals surface area (Å²) in [5.41, 5.74) is 2.55. The van der Waals surface area contributed by atoms with Gasteiger partial charge in [-0.25, -0.2) is 9.97 Å². The van der Waals surface area contributed by atoms with Crippen LogP contribution in [0.15, 0.2) is 48.5 Å². The number of benzene rings is 2. The summed E-state index contributed by atoms with van der Waals surface area (Å²) < 4.78 is 10.9. The molecule has 0 saturated carbocycles. The Morgan fingerprint density at radius 1 is 1.00 bits per heavy atom. The fourth-order valence-electron chi connectivity index (χ4n) is 3.73. The van der Waals surface area contributed by atoms with Gasteiger partial charge in [0, 0.05) is 40.9 Å². The number of hydrogen-bond donors (Lipinski definition) is 1. The number of aryl methyl sites for hydroxylation is 1. The predicted molar refractivity (Wildman–Crippen MR) is 137 cm³/mol.